The summed E-state index contributed by atoms with van der Waals surface area (Å²) in [5.41, 5.74) is 0.550. The molecule has 1 fully saturated rings. The normalized spacial score (nSPS) is 14.2. The molecule has 0 saturated heterocycles. The van der Waals surface area contributed by atoms with E-state index in [0.717, 1.165) is 12.8 Å². The van der Waals surface area contributed by atoms with Gasteiger partial charge in [-0.2, -0.15) is 5.10 Å². The number of hydrogen-bond donors (Lipinski definition) is 1. The van der Waals surface area contributed by atoms with Gasteiger partial charge in [0, 0.05) is 17.0 Å². The molecular weight excluding hydrogens is 354 g/mol. The summed E-state index contributed by atoms with van der Waals surface area (Å²) in [6.07, 6.45) is 2.00. The van der Waals surface area contributed by atoms with Crippen LogP contribution in [0.5, 0.6) is 5.75 Å². The molecule has 0 spiro atoms. The van der Waals surface area contributed by atoms with Crippen molar-refractivity contribution in [1.29, 1.82) is 0 Å². The van der Waals surface area contributed by atoms with Gasteiger partial charge in [0.2, 0.25) is 0 Å². The van der Waals surface area contributed by atoms with Crippen LogP contribution in [0.15, 0.2) is 35.2 Å². The van der Waals surface area contributed by atoms with Crippen molar-refractivity contribution in [3.8, 4) is 5.75 Å². The number of nitrogens with zero attached hydrogens (tertiary/aromatic N) is 2. The average Bonchev–Trinajstić information content (AvgIpc) is 3.38. The number of rotatable bonds is 5. The number of hydrogen-bond acceptors (Lipinski definition) is 6. The maximum absolute atomic E-state index is 12.2. The third-order valence-corrected chi connectivity index (χ3v) is 5.10. The van der Waals surface area contributed by atoms with Gasteiger partial charge in [0.25, 0.3) is 15.9 Å². The molecule has 7 nitrogen and oxygen atoms in total. The fourth-order valence-electron chi connectivity index (χ4n) is 2.17. The average molecular weight is 368 g/mol. The number of carbonyl (C=O) groups is 1. The van der Waals surface area contributed by atoms with Gasteiger partial charge in [-0.25, -0.2) is 13.1 Å². The van der Waals surface area contributed by atoms with E-state index in [9.17, 15) is 13.2 Å². The number of ether oxygens (including phenoxy) is 1. The third kappa shape index (κ3) is 3.49. The number of sulfonamides is 1. The number of carbonyl (C=O) groups excluding carboxylic acids is 1. The first-order chi connectivity index (χ1) is 11.4. The number of nitrogens with one attached hydrogen (secondary N) is 1. The van der Waals surface area contributed by atoms with E-state index in [0.29, 0.717) is 17.4 Å². The van der Waals surface area contributed by atoms with Crippen molar-refractivity contribution in [3.63, 3.8) is 0 Å². The summed E-state index contributed by atoms with van der Waals surface area (Å²) >= 11 is 5.78. The van der Waals surface area contributed by atoms with Crippen molar-refractivity contribution < 1.29 is 17.9 Å². The first kappa shape index (κ1) is 16.7. The van der Waals surface area contributed by atoms with Gasteiger partial charge < -0.3 is 4.74 Å². The van der Waals surface area contributed by atoms with Crippen molar-refractivity contribution in [2.45, 2.75) is 23.7 Å². The lowest BCUT2D eigenvalue weighted by molar-refractivity contribution is 0.0975. The molecule has 126 valence electrons. The van der Waals surface area contributed by atoms with E-state index in [1.165, 1.54) is 37.4 Å². The molecular formula is C15H14ClN3O4S. The number of amides is 1. The molecule has 3 rings (SSSR count). The first-order valence-electron chi connectivity index (χ1n) is 7.15. The Morgan fingerprint density at radius 1 is 1.29 bits per heavy atom. The summed E-state index contributed by atoms with van der Waals surface area (Å²) < 4.78 is 31.6. The van der Waals surface area contributed by atoms with Crippen LogP contribution in [0, 0.1) is 0 Å². The zero-order valence-corrected chi connectivity index (χ0v) is 14.3. The highest BCUT2D eigenvalue weighted by molar-refractivity contribution is 7.90. The smallest absolute Gasteiger partial charge is 0.285 e. The molecule has 0 unspecified atom stereocenters. The number of aromatic nitrogens is 2. The van der Waals surface area contributed by atoms with Crippen molar-refractivity contribution in [2.75, 3.05) is 7.11 Å². The van der Waals surface area contributed by atoms with E-state index >= 15 is 0 Å². The van der Waals surface area contributed by atoms with Crippen LogP contribution in [0.4, 0.5) is 0 Å². The van der Waals surface area contributed by atoms with Crippen molar-refractivity contribution in [3.05, 3.63) is 46.7 Å². The predicted molar refractivity (Wildman–Crippen MR) is 86.7 cm³/mol. The Labute approximate surface area is 144 Å². The van der Waals surface area contributed by atoms with Crippen molar-refractivity contribution in [1.82, 2.24) is 14.9 Å². The molecule has 0 radical (unpaired) electrons. The van der Waals surface area contributed by atoms with Crippen molar-refractivity contribution >= 4 is 27.5 Å². The van der Waals surface area contributed by atoms with Gasteiger partial charge in [-0.3, -0.25) is 4.79 Å². The standard InChI is InChI=1S/C15H14ClN3O4S/c1-23-13-8-12(17-18-14(13)9-5-6-9)15(20)19-24(21,22)11-4-2-3-10(16)7-11/h2-4,7-9H,5-6H2,1H3,(H,19,20). The fourth-order valence-corrected chi connectivity index (χ4v) is 3.43. The van der Waals surface area contributed by atoms with E-state index in [1.807, 2.05) is 4.72 Å². The maximum Gasteiger partial charge on any atom is 0.285 e. The SMILES string of the molecule is COc1cc(C(=O)NS(=O)(=O)c2cccc(Cl)c2)nnc1C1CC1. The van der Waals surface area contributed by atoms with E-state index < -0.39 is 15.9 Å². The molecule has 24 heavy (non-hydrogen) atoms. The number of methoxy groups -OCH3 is 1. The van der Waals surface area contributed by atoms with Crippen LogP contribution in [0.25, 0.3) is 0 Å². The Bertz CT molecular complexity index is 897. The zero-order chi connectivity index (χ0) is 17.3. The summed E-state index contributed by atoms with van der Waals surface area (Å²) in [6.45, 7) is 0. The molecule has 1 aromatic carbocycles. The minimum atomic E-state index is -4.06. The minimum Gasteiger partial charge on any atom is -0.495 e. The van der Waals surface area contributed by atoms with E-state index in [-0.39, 0.29) is 15.6 Å². The largest absolute Gasteiger partial charge is 0.495 e. The summed E-state index contributed by atoms with van der Waals surface area (Å²) in [4.78, 5) is 12.1. The molecule has 0 aliphatic heterocycles. The molecule has 1 amide bonds. The fraction of sp³-hybridized carbons (Fsp3) is 0.267. The Balaban J connectivity index is 1.84. The summed E-state index contributed by atoms with van der Waals surface area (Å²) in [5, 5.41) is 8.06. The van der Waals surface area contributed by atoms with Crippen molar-refractivity contribution in [2.24, 2.45) is 0 Å². The Hall–Kier alpha value is -2.19. The van der Waals surface area contributed by atoms with Crippen LogP contribution < -0.4 is 9.46 Å². The second kappa shape index (κ2) is 6.37. The number of benzene rings is 1. The van der Waals surface area contributed by atoms with E-state index in [4.69, 9.17) is 16.3 Å². The molecule has 1 heterocycles. The molecule has 1 aromatic heterocycles. The van der Waals surface area contributed by atoms with Gasteiger partial charge in [0.1, 0.15) is 11.4 Å². The lowest BCUT2D eigenvalue weighted by Crippen LogP contribution is -2.31. The Morgan fingerprint density at radius 2 is 2.04 bits per heavy atom. The maximum atomic E-state index is 12.2. The van der Waals surface area contributed by atoms with E-state index in [2.05, 4.69) is 10.2 Å². The second-order valence-electron chi connectivity index (χ2n) is 5.35. The minimum absolute atomic E-state index is 0.113. The molecule has 0 bridgehead atoms. The van der Waals surface area contributed by atoms with Crippen LogP contribution in [0.2, 0.25) is 5.02 Å². The van der Waals surface area contributed by atoms with Gasteiger partial charge in [-0.05, 0) is 31.0 Å². The van der Waals surface area contributed by atoms with Crippen LogP contribution in [0.3, 0.4) is 0 Å². The molecule has 1 saturated carbocycles. The van der Waals surface area contributed by atoms with Gasteiger partial charge in [0.05, 0.1) is 12.0 Å². The Morgan fingerprint density at radius 3 is 2.67 bits per heavy atom. The molecule has 1 aliphatic carbocycles. The van der Waals surface area contributed by atoms with Crippen LogP contribution in [0.1, 0.15) is 34.9 Å². The Kier molecular flexibility index (Phi) is 4.42. The van der Waals surface area contributed by atoms with Crippen LogP contribution in [-0.2, 0) is 10.0 Å². The van der Waals surface area contributed by atoms with E-state index in [1.54, 1.807) is 0 Å². The summed E-state index contributed by atoms with van der Waals surface area (Å²) in [6, 6.07) is 7.00. The van der Waals surface area contributed by atoms with Crippen LogP contribution >= 0.6 is 11.6 Å². The highest BCUT2D eigenvalue weighted by Crippen LogP contribution is 2.42. The monoisotopic (exact) mass is 367 g/mol. The molecule has 1 aliphatic rings. The zero-order valence-electron chi connectivity index (χ0n) is 12.7. The topological polar surface area (TPSA) is 98.2 Å². The summed E-state index contributed by atoms with van der Waals surface area (Å²) in [5.74, 6) is -0.166. The summed E-state index contributed by atoms with van der Waals surface area (Å²) in [7, 11) is -2.59. The van der Waals surface area contributed by atoms with Crippen LogP contribution in [-0.4, -0.2) is 31.6 Å². The molecule has 1 N–H and O–H groups in total. The molecule has 2 aromatic rings. The molecule has 9 heteroatoms. The first-order valence-corrected chi connectivity index (χ1v) is 9.01. The third-order valence-electron chi connectivity index (χ3n) is 3.54. The van der Waals surface area contributed by atoms with Gasteiger partial charge >= 0.3 is 0 Å². The predicted octanol–water partition coefficient (Wildman–Crippen LogP) is 2.13. The quantitative estimate of drug-likeness (QED) is 0.869. The molecule has 0 atom stereocenters. The lowest BCUT2D eigenvalue weighted by atomic mass is 10.2. The van der Waals surface area contributed by atoms with Gasteiger partial charge in [-0.1, -0.05) is 17.7 Å². The van der Waals surface area contributed by atoms with Gasteiger partial charge in [0.15, 0.2) is 5.69 Å². The lowest BCUT2D eigenvalue weighted by Gasteiger charge is -2.09. The second-order valence-corrected chi connectivity index (χ2v) is 7.47. The highest BCUT2D eigenvalue weighted by atomic mass is 35.5. The number of halogens is 1. The van der Waals surface area contributed by atoms with Gasteiger partial charge in [-0.15, -0.1) is 5.10 Å². The highest BCUT2D eigenvalue weighted by Gasteiger charge is 2.30.